The number of primary sulfonamides is 1. The van der Waals surface area contributed by atoms with E-state index in [1.807, 2.05) is 0 Å². The van der Waals surface area contributed by atoms with Gasteiger partial charge in [0.25, 0.3) is 0 Å². The van der Waals surface area contributed by atoms with E-state index in [1.165, 1.54) is 23.5 Å². The molecule has 0 atom stereocenters. The van der Waals surface area contributed by atoms with Crippen molar-refractivity contribution < 1.29 is 13.2 Å². The minimum absolute atomic E-state index is 0.0634. The molecule has 1 aromatic heterocycles. The van der Waals surface area contributed by atoms with Crippen molar-refractivity contribution in [3.8, 4) is 0 Å². The monoisotopic (exact) mass is 311 g/mol. The summed E-state index contributed by atoms with van der Waals surface area (Å²) in [6, 6.07) is 6.17. The number of nitrogens with zero attached hydrogens (tertiary/aromatic N) is 1. The average Bonchev–Trinajstić information content (AvgIpc) is 2.88. The molecule has 1 heterocycles. The maximum atomic E-state index is 11.6. The third kappa shape index (κ3) is 4.12. The number of carbonyl (C=O) groups excluding carboxylic acids is 1. The van der Waals surface area contributed by atoms with Crippen LogP contribution in [0, 0.1) is 0 Å². The summed E-state index contributed by atoms with van der Waals surface area (Å²) in [7, 11) is -3.67. The van der Waals surface area contributed by atoms with Crippen molar-refractivity contribution >= 4 is 32.4 Å². The Morgan fingerprint density at radius 1 is 1.30 bits per heavy atom. The average molecular weight is 311 g/mol. The van der Waals surface area contributed by atoms with Crippen molar-refractivity contribution in [1.82, 2.24) is 4.98 Å². The topological polar surface area (TPSA) is 102 Å². The highest BCUT2D eigenvalue weighted by Gasteiger charge is 2.08. The fourth-order valence-electron chi connectivity index (χ4n) is 1.57. The first-order valence-corrected chi connectivity index (χ1v) is 8.19. The lowest BCUT2D eigenvalue weighted by Crippen LogP contribution is -2.13. The van der Waals surface area contributed by atoms with E-state index in [1.54, 1.807) is 23.7 Å². The predicted molar refractivity (Wildman–Crippen MR) is 76.9 cm³/mol. The van der Waals surface area contributed by atoms with E-state index in [0.717, 1.165) is 5.56 Å². The van der Waals surface area contributed by atoms with Gasteiger partial charge in [-0.3, -0.25) is 4.79 Å². The molecule has 3 N–H and O–H groups in total. The van der Waals surface area contributed by atoms with E-state index in [9.17, 15) is 13.2 Å². The highest BCUT2D eigenvalue weighted by molar-refractivity contribution is 7.89. The van der Waals surface area contributed by atoms with Crippen LogP contribution in [-0.4, -0.2) is 19.3 Å². The Kier molecular flexibility index (Phi) is 4.48. The molecule has 0 bridgehead atoms. The van der Waals surface area contributed by atoms with Crippen LogP contribution in [0.25, 0.3) is 0 Å². The van der Waals surface area contributed by atoms with Crippen molar-refractivity contribution in [1.29, 1.82) is 0 Å². The first-order valence-electron chi connectivity index (χ1n) is 5.76. The molecule has 2 rings (SSSR count). The zero-order valence-electron chi connectivity index (χ0n) is 10.4. The number of nitrogens with one attached hydrogen (secondary N) is 1. The van der Waals surface area contributed by atoms with Gasteiger partial charge in [0, 0.05) is 18.0 Å². The lowest BCUT2D eigenvalue weighted by atomic mass is 10.1. The zero-order valence-corrected chi connectivity index (χ0v) is 12.1. The molecule has 106 valence electrons. The Labute approximate surface area is 120 Å². The van der Waals surface area contributed by atoms with Gasteiger partial charge in [0.15, 0.2) is 5.13 Å². The van der Waals surface area contributed by atoms with Gasteiger partial charge in [-0.15, -0.1) is 11.3 Å². The van der Waals surface area contributed by atoms with E-state index in [0.29, 0.717) is 18.0 Å². The van der Waals surface area contributed by atoms with E-state index in [2.05, 4.69) is 10.3 Å². The molecule has 0 radical (unpaired) electrons. The molecule has 2 aromatic rings. The molecule has 0 unspecified atom stereocenters. The van der Waals surface area contributed by atoms with Gasteiger partial charge in [-0.05, 0) is 24.1 Å². The summed E-state index contributed by atoms with van der Waals surface area (Å²) >= 11 is 1.35. The third-order valence-electron chi connectivity index (χ3n) is 2.57. The van der Waals surface area contributed by atoms with Crippen LogP contribution in [0.5, 0.6) is 0 Å². The molecule has 0 spiro atoms. The SMILES string of the molecule is NS(=O)(=O)c1ccc(CCC(=O)Nc2nccs2)cc1. The third-order valence-corrected chi connectivity index (χ3v) is 4.19. The first-order chi connectivity index (χ1) is 9.45. The summed E-state index contributed by atoms with van der Waals surface area (Å²) in [5, 5.41) is 10.0. The van der Waals surface area contributed by atoms with Crippen LogP contribution >= 0.6 is 11.3 Å². The first kappa shape index (κ1) is 14.6. The molecule has 0 saturated heterocycles. The number of rotatable bonds is 5. The molecule has 1 aromatic carbocycles. The highest BCUT2D eigenvalue weighted by atomic mass is 32.2. The maximum absolute atomic E-state index is 11.6. The summed E-state index contributed by atoms with van der Waals surface area (Å²) in [5.41, 5.74) is 0.867. The van der Waals surface area contributed by atoms with Crippen molar-refractivity contribution in [3.05, 3.63) is 41.4 Å². The Balaban J connectivity index is 1.89. The van der Waals surface area contributed by atoms with Crippen LogP contribution in [0.4, 0.5) is 5.13 Å². The second-order valence-electron chi connectivity index (χ2n) is 4.07. The second kappa shape index (κ2) is 6.12. The quantitative estimate of drug-likeness (QED) is 0.870. The van der Waals surface area contributed by atoms with Gasteiger partial charge in [-0.25, -0.2) is 18.5 Å². The molecule has 0 saturated carbocycles. The van der Waals surface area contributed by atoms with Crippen molar-refractivity contribution in [2.24, 2.45) is 5.14 Å². The smallest absolute Gasteiger partial charge is 0.238 e. The molecule has 8 heteroatoms. The van der Waals surface area contributed by atoms with Gasteiger partial charge in [-0.1, -0.05) is 12.1 Å². The molecular formula is C12H13N3O3S2. The fraction of sp³-hybridized carbons (Fsp3) is 0.167. The Bertz CT molecular complexity index is 679. The highest BCUT2D eigenvalue weighted by Crippen LogP contribution is 2.13. The minimum atomic E-state index is -3.67. The van der Waals surface area contributed by atoms with Crippen LogP contribution in [-0.2, 0) is 21.2 Å². The largest absolute Gasteiger partial charge is 0.302 e. The zero-order chi connectivity index (χ0) is 14.6. The Morgan fingerprint density at radius 3 is 2.55 bits per heavy atom. The van der Waals surface area contributed by atoms with Crippen molar-refractivity contribution in [2.75, 3.05) is 5.32 Å². The van der Waals surface area contributed by atoms with Gasteiger partial charge in [0.1, 0.15) is 0 Å². The van der Waals surface area contributed by atoms with E-state index in [-0.39, 0.29) is 10.8 Å². The normalized spacial score (nSPS) is 11.2. The number of carbonyl (C=O) groups is 1. The Hall–Kier alpha value is -1.77. The fourth-order valence-corrected chi connectivity index (χ4v) is 2.63. The van der Waals surface area contributed by atoms with Crippen molar-refractivity contribution in [2.45, 2.75) is 17.7 Å². The summed E-state index contributed by atoms with van der Waals surface area (Å²) in [6.45, 7) is 0. The number of nitrogens with two attached hydrogens (primary N) is 1. The number of hydrogen-bond acceptors (Lipinski definition) is 5. The number of aromatic nitrogens is 1. The standard InChI is InChI=1S/C12H13N3O3S2/c13-20(17,18)10-4-1-9(2-5-10)3-6-11(16)15-12-14-7-8-19-12/h1-2,4-5,7-8H,3,6H2,(H2,13,17,18)(H,14,15,16). The molecule has 1 amide bonds. The number of aryl methyl sites for hydroxylation is 1. The molecule has 6 nitrogen and oxygen atoms in total. The Morgan fingerprint density at radius 2 is 2.00 bits per heavy atom. The molecule has 0 fully saturated rings. The van der Waals surface area contributed by atoms with Gasteiger partial charge in [0.05, 0.1) is 4.90 Å². The number of amides is 1. The van der Waals surface area contributed by atoms with Crippen LogP contribution in [0.3, 0.4) is 0 Å². The second-order valence-corrected chi connectivity index (χ2v) is 6.53. The number of anilines is 1. The van der Waals surface area contributed by atoms with E-state index < -0.39 is 10.0 Å². The van der Waals surface area contributed by atoms with Crippen LogP contribution in [0.2, 0.25) is 0 Å². The summed E-state index contributed by atoms with van der Waals surface area (Å²) in [5.74, 6) is -0.129. The number of sulfonamides is 1. The van der Waals surface area contributed by atoms with E-state index >= 15 is 0 Å². The van der Waals surface area contributed by atoms with Crippen LogP contribution in [0.15, 0.2) is 40.7 Å². The molecule has 20 heavy (non-hydrogen) atoms. The van der Waals surface area contributed by atoms with Gasteiger partial charge < -0.3 is 5.32 Å². The molecule has 0 aliphatic heterocycles. The lowest BCUT2D eigenvalue weighted by molar-refractivity contribution is -0.116. The van der Waals surface area contributed by atoms with Gasteiger partial charge in [-0.2, -0.15) is 0 Å². The molecular weight excluding hydrogens is 298 g/mol. The lowest BCUT2D eigenvalue weighted by Gasteiger charge is -2.03. The summed E-state index contributed by atoms with van der Waals surface area (Å²) in [4.78, 5) is 15.7. The predicted octanol–water partition coefficient (Wildman–Crippen LogP) is 1.36. The number of hydrogen-bond donors (Lipinski definition) is 2. The van der Waals surface area contributed by atoms with Gasteiger partial charge >= 0.3 is 0 Å². The number of benzene rings is 1. The van der Waals surface area contributed by atoms with Crippen LogP contribution in [0.1, 0.15) is 12.0 Å². The molecule has 0 aliphatic rings. The van der Waals surface area contributed by atoms with E-state index in [4.69, 9.17) is 5.14 Å². The molecule has 0 aliphatic carbocycles. The minimum Gasteiger partial charge on any atom is -0.302 e. The van der Waals surface area contributed by atoms with Crippen molar-refractivity contribution in [3.63, 3.8) is 0 Å². The number of thiazole rings is 1. The van der Waals surface area contributed by atoms with Gasteiger partial charge in [0.2, 0.25) is 15.9 Å². The summed E-state index contributed by atoms with van der Waals surface area (Å²) < 4.78 is 22.2. The maximum Gasteiger partial charge on any atom is 0.238 e. The van der Waals surface area contributed by atoms with Crippen LogP contribution < -0.4 is 10.5 Å². The summed E-state index contributed by atoms with van der Waals surface area (Å²) in [6.07, 6.45) is 2.43.